The lowest BCUT2D eigenvalue weighted by Crippen LogP contribution is -2.17. The van der Waals surface area contributed by atoms with E-state index in [1.165, 1.54) is 36.4 Å². The first kappa shape index (κ1) is 22.8. The number of ketones is 1. The predicted octanol–water partition coefficient (Wildman–Crippen LogP) is 3.44. The van der Waals surface area contributed by atoms with Crippen LogP contribution in [0.3, 0.4) is 0 Å². The predicted molar refractivity (Wildman–Crippen MR) is 110 cm³/mol. The minimum absolute atomic E-state index is 0.0900. The van der Waals surface area contributed by atoms with Gasteiger partial charge in [-0.15, -0.1) is 4.80 Å². The van der Waals surface area contributed by atoms with Crippen LogP contribution < -0.4 is 0 Å². The number of nitrogens with zero attached hydrogens (tertiary/aromatic N) is 7. The Morgan fingerprint density at radius 3 is 2.55 bits per heavy atom. The molecule has 0 N–H and O–H groups in total. The molecule has 4 rings (SSSR count). The van der Waals surface area contributed by atoms with Gasteiger partial charge in [-0.3, -0.25) is 4.79 Å². The minimum atomic E-state index is -4.70. The van der Waals surface area contributed by atoms with Crippen LogP contribution in [0.15, 0.2) is 36.9 Å². The third-order valence-electron chi connectivity index (χ3n) is 4.94. The van der Waals surface area contributed by atoms with Gasteiger partial charge in [0, 0.05) is 44.0 Å². The molecular weight excluding hydrogens is 463 g/mol. The molecule has 1 atom stereocenters. The first-order chi connectivity index (χ1) is 15.7. The van der Waals surface area contributed by atoms with Gasteiger partial charge in [0.1, 0.15) is 11.3 Å². The van der Waals surface area contributed by atoms with E-state index < -0.39 is 23.7 Å². The zero-order chi connectivity index (χ0) is 23.8. The Hall–Kier alpha value is -3.38. The molecule has 4 aromatic rings. The Bertz CT molecular complexity index is 1310. The lowest BCUT2D eigenvalue weighted by molar-refractivity contribution is -0.138. The third-order valence-corrected chi connectivity index (χ3v) is 5.12. The second-order valence-corrected chi connectivity index (χ2v) is 7.59. The molecule has 0 aliphatic rings. The highest BCUT2D eigenvalue weighted by Crippen LogP contribution is 2.33. The zero-order valence-corrected chi connectivity index (χ0v) is 18.2. The molecular formula is C20H17ClF3N7O2. The molecule has 172 valence electrons. The van der Waals surface area contributed by atoms with Gasteiger partial charge in [-0.2, -0.15) is 28.5 Å². The molecule has 0 spiro atoms. The highest BCUT2D eigenvalue weighted by molar-refractivity contribution is 6.29. The normalized spacial score (nSPS) is 12.9. The highest BCUT2D eigenvalue weighted by atomic mass is 35.5. The van der Waals surface area contributed by atoms with E-state index in [0.717, 1.165) is 10.9 Å². The summed E-state index contributed by atoms with van der Waals surface area (Å²) in [6, 6.07) is 2.45. The first-order valence-corrected chi connectivity index (χ1v) is 10.1. The molecule has 4 aromatic heterocycles. The number of aromatic nitrogens is 7. The quantitative estimate of drug-likeness (QED) is 0.400. The number of hydrogen-bond donors (Lipinski definition) is 0. The molecule has 0 unspecified atom stereocenters. The van der Waals surface area contributed by atoms with Crippen LogP contribution in [-0.4, -0.2) is 47.5 Å². The second-order valence-electron chi connectivity index (χ2n) is 7.21. The number of methoxy groups -OCH3 is 1. The summed E-state index contributed by atoms with van der Waals surface area (Å²) in [5.74, 6) is -0.802. The van der Waals surface area contributed by atoms with E-state index >= 15 is 0 Å². The van der Waals surface area contributed by atoms with Crippen molar-refractivity contribution in [1.29, 1.82) is 0 Å². The monoisotopic (exact) mass is 479 g/mol. The van der Waals surface area contributed by atoms with E-state index in [9.17, 15) is 18.0 Å². The van der Waals surface area contributed by atoms with Crippen molar-refractivity contribution in [2.24, 2.45) is 0 Å². The standard InChI is InChI=1S/C20H17ClF3N7O2/c1-11(33-2)18-13(10-25-17-8-16(21)29-30(17)18)7-14(32)5-12-6-15(20(22,23)24)19(26-9-12)31-27-3-4-28-31/h3-4,6,8-11H,5,7H2,1-2H3/t11-/m0/s1. The van der Waals surface area contributed by atoms with Crippen LogP contribution in [0.4, 0.5) is 13.2 Å². The summed E-state index contributed by atoms with van der Waals surface area (Å²) < 4.78 is 47.7. The zero-order valence-electron chi connectivity index (χ0n) is 17.4. The average Bonchev–Trinajstić information content (AvgIpc) is 3.41. The Morgan fingerprint density at radius 2 is 1.88 bits per heavy atom. The number of hydrogen-bond acceptors (Lipinski definition) is 7. The molecule has 0 aliphatic carbocycles. The Kier molecular flexibility index (Phi) is 6.13. The lowest BCUT2D eigenvalue weighted by atomic mass is 10.0. The molecule has 4 heterocycles. The smallest absolute Gasteiger partial charge is 0.375 e. The fourth-order valence-electron chi connectivity index (χ4n) is 3.43. The molecule has 0 saturated carbocycles. The SMILES string of the molecule is CO[C@@H](C)c1c(CC(=O)Cc2cnc(-n3nccn3)c(C(F)(F)F)c2)cnc2cc(Cl)nn12. The number of halogens is 4. The summed E-state index contributed by atoms with van der Waals surface area (Å²) in [5, 5.41) is 11.8. The van der Waals surface area contributed by atoms with Crippen LogP contribution in [0.25, 0.3) is 11.5 Å². The molecule has 0 aromatic carbocycles. The van der Waals surface area contributed by atoms with Crippen molar-refractivity contribution >= 4 is 23.0 Å². The number of ether oxygens (including phenoxy) is 1. The lowest BCUT2D eigenvalue weighted by Gasteiger charge is -2.16. The Labute approximate surface area is 190 Å². The number of carbonyl (C=O) groups excluding carboxylic acids is 1. The van der Waals surface area contributed by atoms with E-state index in [-0.39, 0.29) is 29.3 Å². The summed E-state index contributed by atoms with van der Waals surface area (Å²) >= 11 is 5.98. The summed E-state index contributed by atoms with van der Waals surface area (Å²) in [5.41, 5.74) is 0.671. The van der Waals surface area contributed by atoms with Crippen LogP contribution in [0.5, 0.6) is 0 Å². The van der Waals surface area contributed by atoms with Crippen molar-refractivity contribution in [3.8, 4) is 5.82 Å². The van der Waals surface area contributed by atoms with Crippen LogP contribution in [0.2, 0.25) is 5.15 Å². The van der Waals surface area contributed by atoms with Crippen LogP contribution in [0, 0.1) is 0 Å². The molecule has 0 radical (unpaired) electrons. The highest BCUT2D eigenvalue weighted by Gasteiger charge is 2.36. The van der Waals surface area contributed by atoms with E-state index in [4.69, 9.17) is 16.3 Å². The number of pyridine rings is 1. The molecule has 0 amide bonds. The fourth-order valence-corrected chi connectivity index (χ4v) is 3.61. The van der Waals surface area contributed by atoms with E-state index in [0.29, 0.717) is 16.9 Å². The fraction of sp³-hybridized carbons (Fsp3) is 0.300. The van der Waals surface area contributed by atoms with Crippen molar-refractivity contribution in [2.45, 2.75) is 32.0 Å². The van der Waals surface area contributed by atoms with Crippen molar-refractivity contribution in [1.82, 2.24) is 34.6 Å². The van der Waals surface area contributed by atoms with Crippen molar-refractivity contribution in [3.63, 3.8) is 0 Å². The number of alkyl halides is 3. The van der Waals surface area contributed by atoms with Gasteiger partial charge < -0.3 is 4.74 Å². The summed E-state index contributed by atoms with van der Waals surface area (Å²) in [7, 11) is 1.51. The van der Waals surface area contributed by atoms with Gasteiger partial charge in [0.25, 0.3) is 0 Å². The van der Waals surface area contributed by atoms with Gasteiger partial charge in [-0.05, 0) is 18.6 Å². The average molecular weight is 480 g/mol. The second kappa shape index (κ2) is 8.87. The Balaban J connectivity index is 1.63. The molecule has 9 nitrogen and oxygen atoms in total. The van der Waals surface area contributed by atoms with E-state index in [2.05, 4.69) is 25.3 Å². The van der Waals surface area contributed by atoms with Gasteiger partial charge in [0.2, 0.25) is 0 Å². The number of carbonyl (C=O) groups is 1. The van der Waals surface area contributed by atoms with Gasteiger partial charge in [-0.25, -0.2) is 14.5 Å². The Morgan fingerprint density at radius 1 is 1.15 bits per heavy atom. The van der Waals surface area contributed by atoms with Crippen molar-refractivity contribution < 1.29 is 22.7 Å². The number of fused-ring (bicyclic) bond motifs is 1. The maximum atomic E-state index is 13.6. The van der Waals surface area contributed by atoms with Gasteiger partial charge in [0.05, 0.1) is 24.2 Å². The van der Waals surface area contributed by atoms with E-state index in [1.807, 2.05) is 0 Å². The molecule has 0 aliphatic heterocycles. The van der Waals surface area contributed by atoms with Crippen LogP contribution >= 0.6 is 11.6 Å². The number of rotatable bonds is 7. The molecule has 0 bridgehead atoms. The van der Waals surface area contributed by atoms with Gasteiger partial charge >= 0.3 is 6.18 Å². The minimum Gasteiger partial charge on any atom is -0.375 e. The van der Waals surface area contributed by atoms with Crippen LogP contribution in [0.1, 0.15) is 35.4 Å². The van der Waals surface area contributed by atoms with Crippen molar-refractivity contribution in [2.75, 3.05) is 7.11 Å². The molecule has 13 heteroatoms. The topological polar surface area (TPSA) is 100 Å². The van der Waals surface area contributed by atoms with Crippen LogP contribution in [-0.2, 0) is 28.5 Å². The third kappa shape index (κ3) is 4.71. The van der Waals surface area contributed by atoms with Crippen molar-refractivity contribution in [3.05, 3.63) is 64.5 Å². The molecule has 0 saturated heterocycles. The maximum Gasteiger partial charge on any atom is 0.420 e. The van der Waals surface area contributed by atoms with E-state index in [1.54, 1.807) is 13.0 Å². The summed E-state index contributed by atoms with van der Waals surface area (Å²) in [6.07, 6.45) is -0.278. The van der Waals surface area contributed by atoms with Gasteiger partial charge in [0.15, 0.2) is 16.6 Å². The maximum absolute atomic E-state index is 13.6. The first-order valence-electron chi connectivity index (χ1n) is 9.67. The molecule has 33 heavy (non-hydrogen) atoms. The molecule has 0 fully saturated rings. The summed E-state index contributed by atoms with van der Waals surface area (Å²) in [4.78, 5) is 21.7. The number of Topliss-reactive ketones (excluding diaryl/α,β-unsaturated/α-hetero) is 1. The van der Waals surface area contributed by atoms with Gasteiger partial charge in [-0.1, -0.05) is 11.6 Å². The summed E-state index contributed by atoms with van der Waals surface area (Å²) in [6.45, 7) is 1.78. The largest absolute Gasteiger partial charge is 0.420 e.